The molecule has 8 nitrogen and oxygen atoms in total. The number of piperazine rings is 1. The molecule has 2 heterocycles. The van der Waals surface area contributed by atoms with Crippen molar-refractivity contribution >= 4 is 11.8 Å². The van der Waals surface area contributed by atoms with Crippen molar-refractivity contribution in [1.82, 2.24) is 20.1 Å². The summed E-state index contributed by atoms with van der Waals surface area (Å²) in [6.07, 6.45) is 1.33. The second-order valence-electron chi connectivity index (χ2n) is 8.66. The van der Waals surface area contributed by atoms with Crippen LogP contribution in [0.15, 0.2) is 66.9 Å². The summed E-state index contributed by atoms with van der Waals surface area (Å²) in [6, 6.07) is 14.6. The molecule has 1 saturated heterocycles. The summed E-state index contributed by atoms with van der Waals surface area (Å²) in [7, 11) is 1.98. The number of halogens is 2. The molecule has 2 amide bonds. The molecule has 0 radical (unpaired) electrons. The van der Waals surface area contributed by atoms with Gasteiger partial charge in [0.25, 0.3) is 5.91 Å². The summed E-state index contributed by atoms with van der Waals surface area (Å²) >= 11 is 0. The van der Waals surface area contributed by atoms with Crippen LogP contribution in [0.3, 0.4) is 0 Å². The SMILES string of the molecule is CN1CCN(C(=O)C(COCc2ccccc2)NC(=O)c2cccnc2Oc2c(F)cccc2F)CC1. The van der Waals surface area contributed by atoms with Gasteiger partial charge < -0.3 is 24.6 Å². The molecule has 0 bridgehead atoms. The largest absolute Gasteiger partial charge is 0.432 e. The first-order chi connectivity index (χ1) is 17.9. The third-order valence-corrected chi connectivity index (χ3v) is 5.95. The summed E-state index contributed by atoms with van der Waals surface area (Å²) < 4.78 is 39.4. The molecule has 1 aliphatic heterocycles. The van der Waals surface area contributed by atoms with Gasteiger partial charge in [-0.2, -0.15) is 0 Å². The fourth-order valence-corrected chi connectivity index (χ4v) is 3.85. The van der Waals surface area contributed by atoms with E-state index in [-0.39, 0.29) is 30.6 Å². The number of benzene rings is 2. The zero-order chi connectivity index (χ0) is 26.2. The van der Waals surface area contributed by atoms with Crippen molar-refractivity contribution in [2.24, 2.45) is 0 Å². The van der Waals surface area contributed by atoms with Crippen LogP contribution >= 0.6 is 0 Å². The molecule has 4 rings (SSSR count). The van der Waals surface area contributed by atoms with E-state index < -0.39 is 29.3 Å². The smallest absolute Gasteiger partial charge is 0.257 e. The number of ether oxygens (including phenoxy) is 2. The van der Waals surface area contributed by atoms with Crippen LogP contribution in [0.4, 0.5) is 8.78 Å². The summed E-state index contributed by atoms with van der Waals surface area (Å²) in [4.78, 5) is 34.4. The molecular weight excluding hydrogens is 482 g/mol. The number of hydrogen-bond acceptors (Lipinski definition) is 6. The fraction of sp³-hybridized carbons (Fsp3) is 0.296. The Kier molecular flexibility index (Phi) is 8.76. The normalized spacial score (nSPS) is 14.7. The second kappa shape index (κ2) is 12.4. The van der Waals surface area contributed by atoms with E-state index in [2.05, 4.69) is 15.2 Å². The number of likely N-dealkylation sites (N-methyl/N-ethyl adjacent to an activating group) is 1. The van der Waals surface area contributed by atoms with Gasteiger partial charge in [-0.05, 0) is 36.9 Å². The Hall–Kier alpha value is -3.89. The van der Waals surface area contributed by atoms with Crippen LogP contribution in [0.2, 0.25) is 0 Å². The molecule has 1 aromatic heterocycles. The molecule has 10 heteroatoms. The van der Waals surface area contributed by atoms with Crippen molar-refractivity contribution in [3.8, 4) is 11.6 Å². The Bertz CT molecular complexity index is 1200. The molecule has 0 spiro atoms. The van der Waals surface area contributed by atoms with Crippen molar-refractivity contribution < 1.29 is 27.8 Å². The monoisotopic (exact) mass is 510 g/mol. The molecule has 0 aliphatic carbocycles. The lowest BCUT2D eigenvalue weighted by molar-refractivity contribution is -0.136. The first-order valence-electron chi connectivity index (χ1n) is 11.9. The summed E-state index contributed by atoms with van der Waals surface area (Å²) in [5.74, 6) is -3.80. The van der Waals surface area contributed by atoms with E-state index in [0.29, 0.717) is 26.2 Å². The van der Waals surface area contributed by atoms with E-state index in [1.54, 1.807) is 4.90 Å². The number of aromatic nitrogens is 1. The molecule has 1 aliphatic rings. The highest BCUT2D eigenvalue weighted by atomic mass is 19.1. The highest BCUT2D eigenvalue weighted by molar-refractivity contribution is 5.99. The van der Waals surface area contributed by atoms with Crippen LogP contribution in [0.1, 0.15) is 15.9 Å². The van der Waals surface area contributed by atoms with Crippen molar-refractivity contribution in [2.75, 3.05) is 39.8 Å². The van der Waals surface area contributed by atoms with Gasteiger partial charge in [-0.3, -0.25) is 9.59 Å². The van der Waals surface area contributed by atoms with E-state index in [9.17, 15) is 18.4 Å². The minimum Gasteiger partial charge on any atom is -0.432 e. The maximum atomic E-state index is 14.1. The van der Waals surface area contributed by atoms with Crippen molar-refractivity contribution in [1.29, 1.82) is 0 Å². The molecule has 37 heavy (non-hydrogen) atoms. The van der Waals surface area contributed by atoms with Crippen molar-refractivity contribution in [3.05, 3.63) is 89.6 Å². The number of hydrogen-bond donors (Lipinski definition) is 1. The molecule has 2 aromatic carbocycles. The number of rotatable bonds is 9. The fourth-order valence-electron chi connectivity index (χ4n) is 3.85. The quantitative estimate of drug-likeness (QED) is 0.476. The van der Waals surface area contributed by atoms with Crippen LogP contribution in [-0.2, 0) is 16.1 Å². The average molecular weight is 511 g/mol. The third-order valence-electron chi connectivity index (χ3n) is 5.95. The first kappa shape index (κ1) is 26.2. The van der Waals surface area contributed by atoms with E-state index in [1.165, 1.54) is 24.4 Å². The highest BCUT2D eigenvalue weighted by Gasteiger charge is 2.30. The van der Waals surface area contributed by atoms with E-state index >= 15 is 0 Å². The van der Waals surface area contributed by atoms with E-state index in [1.807, 2.05) is 37.4 Å². The minimum atomic E-state index is -0.988. The van der Waals surface area contributed by atoms with Crippen molar-refractivity contribution in [2.45, 2.75) is 12.6 Å². The Morgan fingerprint density at radius 1 is 0.973 bits per heavy atom. The van der Waals surface area contributed by atoms with Gasteiger partial charge in [0.1, 0.15) is 11.6 Å². The maximum absolute atomic E-state index is 14.1. The molecule has 194 valence electrons. The molecule has 3 aromatic rings. The topological polar surface area (TPSA) is 84.0 Å². The predicted octanol–water partition coefficient (Wildman–Crippen LogP) is 3.24. The van der Waals surface area contributed by atoms with Gasteiger partial charge >= 0.3 is 0 Å². The number of nitrogens with zero attached hydrogens (tertiary/aromatic N) is 3. The lowest BCUT2D eigenvalue weighted by Crippen LogP contribution is -2.55. The number of amides is 2. The van der Waals surface area contributed by atoms with Gasteiger partial charge in [0, 0.05) is 32.4 Å². The lowest BCUT2D eigenvalue weighted by Gasteiger charge is -2.34. The molecular formula is C27H28F2N4O4. The zero-order valence-electron chi connectivity index (χ0n) is 20.4. The van der Waals surface area contributed by atoms with Crippen LogP contribution in [-0.4, -0.2) is 72.5 Å². The third kappa shape index (κ3) is 6.87. The predicted molar refractivity (Wildman–Crippen MR) is 132 cm³/mol. The zero-order valence-corrected chi connectivity index (χ0v) is 20.4. The van der Waals surface area contributed by atoms with Crippen molar-refractivity contribution in [3.63, 3.8) is 0 Å². The maximum Gasteiger partial charge on any atom is 0.257 e. The number of carbonyl (C=O) groups excluding carboxylic acids is 2. The molecule has 1 N–H and O–H groups in total. The Morgan fingerprint density at radius 3 is 2.38 bits per heavy atom. The summed E-state index contributed by atoms with van der Waals surface area (Å²) in [5.41, 5.74) is 0.846. The molecule has 0 saturated carbocycles. The van der Waals surface area contributed by atoms with Gasteiger partial charge in [-0.1, -0.05) is 36.4 Å². The van der Waals surface area contributed by atoms with Gasteiger partial charge in [0.2, 0.25) is 17.5 Å². The van der Waals surface area contributed by atoms with Gasteiger partial charge in [-0.25, -0.2) is 13.8 Å². The Morgan fingerprint density at radius 2 is 1.68 bits per heavy atom. The van der Waals surface area contributed by atoms with Crippen LogP contribution in [0.25, 0.3) is 0 Å². The second-order valence-corrected chi connectivity index (χ2v) is 8.66. The number of nitrogens with one attached hydrogen (secondary N) is 1. The molecule has 1 atom stereocenters. The summed E-state index contributed by atoms with van der Waals surface area (Å²) in [5, 5.41) is 2.71. The van der Waals surface area contributed by atoms with E-state index in [4.69, 9.17) is 9.47 Å². The summed E-state index contributed by atoms with van der Waals surface area (Å²) in [6.45, 7) is 2.67. The van der Waals surface area contributed by atoms with Crippen LogP contribution < -0.4 is 10.1 Å². The highest BCUT2D eigenvalue weighted by Crippen LogP contribution is 2.28. The Balaban J connectivity index is 1.51. The van der Waals surface area contributed by atoms with Gasteiger partial charge in [-0.15, -0.1) is 0 Å². The number of para-hydroxylation sites is 1. The number of pyridine rings is 1. The minimum absolute atomic E-state index is 0.0653. The Labute approximate surface area is 213 Å². The standard InChI is InChI=1S/C27H28F2N4O4/c1-32-13-15-33(16-14-32)27(35)23(18-36-17-19-7-3-2-4-8-19)31-25(34)20-9-6-12-30-26(20)37-24-21(28)10-5-11-22(24)29/h2-12,23H,13-18H2,1H3,(H,31,34). The lowest BCUT2D eigenvalue weighted by atomic mass is 10.2. The molecule has 1 unspecified atom stereocenters. The van der Waals surface area contributed by atoms with Crippen LogP contribution in [0, 0.1) is 11.6 Å². The van der Waals surface area contributed by atoms with E-state index in [0.717, 1.165) is 17.7 Å². The van der Waals surface area contributed by atoms with Crippen LogP contribution in [0.5, 0.6) is 11.6 Å². The first-order valence-corrected chi connectivity index (χ1v) is 11.9. The van der Waals surface area contributed by atoms with Gasteiger partial charge in [0.05, 0.1) is 13.2 Å². The number of carbonyl (C=O) groups is 2. The molecule has 1 fully saturated rings. The van der Waals surface area contributed by atoms with Gasteiger partial charge in [0.15, 0.2) is 11.6 Å². The average Bonchev–Trinajstić information content (AvgIpc) is 2.91.